The van der Waals surface area contributed by atoms with Crippen molar-refractivity contribution < 1.29 is 13.9 Å². The van der Waals surface area contributed by atoms with Gasteiger partial charge in [0.15, 0.2) is 6.10 Å². The molecule has 0 spiro atoms. The van der Waals surface area contributed by atoms with E-state index in [2.05, 4.69) is 4.98 Å². The Bertz CT molecular complexity index is 736. The van der Waals surface area contributed by atoms with Crippen LogP contribution in [0.3, 0.4) is 0 Å². The highest BCUT2D eigenvalue weighted by Gasteiger charge is 2.17. The first kappa shape index (κ1) is 11.9. The van der Waals surface area contributed by atoms with Crippen LogP contribution < -0.4 is 0 Å². The number of rotatable bonds is 2. The van der Waals surface area contributed by atoms with Crippen LogP contribution in [-0.4, -0.2) is 10.1 Å². The molecule has 96 valence electrons. The summed E-state index contributed by atoms with van der Waals surface area (Å²) in [5.41, 5.74) is 1.88. The Balaban J connectivity index is 2.04. The molecule has 3 aromatic rings. The van der Waals surface area contributed by atoms with E-state index in [1.807, 2.05) is 19.1 Å². The Morgan fingerprint density at radius 2 is 2.05 bits per heavy atom. The number of fused-ring (bicyclic) bond motifs is 1. The van der Waals surface area contributed by atoms with E-state index in [4.69, 9.17) is 4.42 Å². The minimum atomic E-state index is -0.949. The van der Waals surface area contributed by atoms with Gasteiger partial charge in [0, 0.05) is 11.1 Å². The first-order valence-electron chi connectivity index (χ1n) is 5.94. The SMILES string of the molecule is Cc1cccc(C(O)c2cc3cc(F)ccc3o2)n1. The Labute approximate surface area is 109 Å². The molecule has 1 unspecified atom stereocenters. The van der Waals surface area contributed by atoms with Crippen LogP contribution in [0.4, 0.5) is 4.39 Å². The summed E-state index contributed by atoms with van der Waals surface area (Å²) < 4.78 is 18.6. The maximum absolute atomic E-state index is 13.1. The highest BCUT2D eigenvalue weighted by atomic mass is 19.1. The summed E-state index contributed by atoms with van der Waals surface area (Å²) in [6.07, 6.45) is -0.949. The van der Waals surface area contributed by atoms with Crippen LogP contribution in [0.5, 0.6) is 0 Å². The Kier molecular flexibility index (Phi) is 2.80. The fraction of sp³-hybridized carbons (Fsp3) is 0.133. The van der Waals surface area contributed by atoms with Crippen LogP contribution >= 0.6 is 0 Å². The van der Waals surface area contributed by atoms with Gasteiger partial charge in [-0.2, -0.15) is 0 Å². The quantitative estimate of drug-likeness (QED) is 0.765. The molecule has 1 atom stereocenters. The number of nitrogens with zero attached hydrogens (tertiary/aromatic N) is 1. The predicted octanol–water partition coefficient (Wildman–Crippen LogP) is 3.36. The second kappa shape index (κ2) is 4.48. The second-order valence-electron chi connectivity index (χ2n) is 4.44. The average Bonchev–Trinajstić information content (AvgIpc) is 2.80. The molecule has 3 nitrogen and oxygen atoms in total. The molecule has 0 bridgehead atoms. The zero-order valence-corrected chi connectivity index (χ0v) is 10.3. The molecule has 0 aliphatic carbocycles. The maximum atomic E-state index is 13.1. The standard InChI is InChI=1S/C15H12FNO2/c1-9-3-2-4-12(17-9)15(18)14-8-10-7-11(16)5-6-13(10)19-14/h2-8,15,18H,1H3. The first-order chi connectivity index (χ1) is 9.13. The van der Waals surface area contributed by atoms with Gasteiger partial charge in [0.05, 0.1) is 5.69 Å². The summed E-state index contributed by atoms with van der Waals surface area (Å²) in [5, 5.41) is 10.9. The summed E-state index contributed by atoms with van der Waals surface area (Å²) in [6.45, 7) is 1.85. The minimum Gasteiger partial charge on any atom is -0.458 e. The van der Waals surface area contributed by atoms with Crippen LogP contribution in [0.25, 0.3) is 11.0 Å². The van der Waals surface area contributed by atoms with Crippen molar-refractivity contribution in [2.75, 3.05) is 0 Å². The molecule has 0 fully saturated rings. The third-order valence-electron chi connectivity index (χ3n) is 2.96. The molecule has 1 aromatic carbocycles. The van der Waals surface area contributed by atoms with Gasteiger partial charge in [-0.1, -0.05) is 6.07 Å². The van der Waals surface area contributed by atoms with Crippen molar-refractivity contribution in [1.29, 1.82) is 0 Å². The van der Waals surface area contributed by atoms with Gasteiger partial charge < -0.3 is 9.52 Å². The van der Waals surface area contributed by atoms with Crippen molar-refractivity contribution in [1.82, 2.24) is 4.98 Å². The smallest absolute Gasteiger partial charge is 0.153 e. The van der Waals surface area contributed by atoms with Crippen molar-refractivity contribution in [3.8, 4) is 0 Å². The van der Waals surface area contributed by atoms with Gasteiger partial charge in [-0.3, -0.25) is 4.98 Å². The lowest BCUT2D eigenvalue weighted by molar-refractivity contribution is 0.187. The number of aryl methyl sites for hydroxylation is 1. The van der Waals surface area contributed by atoms with Crippen LogP contribution in [0.1, 0.15) is 23.3 Å². The number of benzene rings is 1. The van der Waals surface area contributed by atoms with Gasteiger partial charge in [0.1, 0.15) is 17.2 Å². The first-order valence-corrected chi connectivity index (χ1v) is 5.94. The normalized spacial score (nSPS) is 12.8. The lowest BCUT2D eigenvalue weighted by Crippen LogP contribution is -2.01. The molecule has 0 saturated heterocycles. The molecule has 2 aromatic heterocycles. The van der Waals surface area contributed by atoms with Crippen LogP contribution in [0.2, 0.25) is 0 Å². The van der Waals surface area contributed by atoms with Gasteiger partial charge in [-0.15, -0.1) is 0 Å². The lowest BCUT2D eigenvalue weighted by atomic mass is 10.1. The van der Waals surface area contributed by atoms with Crippen LogP contribution in [-0.2, 0) is 0 Å². The molecule has 19 heavy (non-hydrogen) atoms. The van der Waals surface area contributed by atoms with Gasteiger partial charge in [0.2, 0.25) is 0 Å². The fourth-order valence-corrected chi connectivity index (χ4v) is 2.03. The second-order valence-corrected chi connectivity index (χ2v) is 4.44. The molecule has 0 radical (unpaired) electrons. The number of aliphatic hydroxyl groups is 1. The van der Waals surface area contributed by atoms with E-state index in [0.29, 0.717) is 22.4 Å². The monoisotopic (exact) mass is 257 g/mol. The molecule has 0 amide bonds. The zero-order chi connectivity index (χ0) is 13.4. The number of aromatic nitrogens is 1. The van der Waals surface area contributed by atoms with Crippen molar-refractivity contribution in [2.45, 2.75) is 13.0 Å². The molecule has 3 rings (SSSR count). The summed E-state index contributed by atoms with van der Waals surface area (Å²) in [6, 6.07) is 11.3. The third-order valence-corrected chi connectivity index (χ3v) is 2.96. The molecule has 2 heterocycles. The van der Waals surface area contributed by atoms with Crippen molar-refractivity contribution >= 4 is 11.0 Å². The van der Waals surface area contributed by atoms with Crippen molar-refractivity contribution in [3.63, 3.8) is 0 Å². The van der Waals surface area contributed by atoms with Gasteiger partial charge in [0.25, 0.3) is 0 Å². The Morgan fingerprint density at radius 1 is 1.21 bits per heavy atom. The molecular formula is C15H12FNO2. The van der Waals surface area contributed by atoms with Crippen LogP contribution in [0, 0.1) is 12.7 Å². The van der Waals surface area contributed by atoms with Crippen molar-refractivity contribution in [2.24, 2.45) is 0 Å². The van der Waals surface area contributed by atoms with E-state index in [0.717, 1.165) is 5.69 Å². The molecule has 4 heteroatoms. The Morgan fingerprint density at radius 3 is 2.84 bits per heavy atom. The highest BCUT2D eigenvalue weighted by molar-refractivity contribution is 5.78. The summed E-state index contributed by atoms with van der Waals surface area (Å²) >= 11 is 0. The number of furan rings is 1. The van der Waals surface area contributed by atoms with E-state index >= 15 is 0 Å². The van der Waals surface area contributed by atoms with Gasteiger partial charge in [-0.05, 0) is 43.3 Å². The van der Waals surface area contributed by atoms with E-state index in [9.17, 15) is 9.50 Å². The minimum absolute atomic E-state index is 0.331. The number of hydrogen-bond acceptors (Lipinski definition) is 3. The topological polar surface area (TPSA) is 46.3 Å². The number of halogens is 1. The Hall–Kier alpha value is -2.20. The van der Waals surface area contributed by atoms with E-state index in [1.165, 1.54) is 12.1 Å². The van der Waals surface area contributed by atoms with Gasteiger partial charge in [-0.25, -0.2) is 4.39 Å². The van der Waals surface area contributed by atoms with Gasteiger partial charge >= 0.3 is 0 Å². The third kappa shape index (κ3) is 2.22. The largest absolute Gasteiger partial charge is 0.458 e. The zero-order valence-electron chi connectivity index (χ0n) is 10.3. The van der Waals surface area contributed by atoms with E-state index in [-0.39, 0.29) is 5.82 Å². The molecule has 0 aliphatic rings. The predicted molar refractivity (Wildman–Crippen MR) is 69.2 cm³/mol. The summed E-state index contributed by atoms with van der Waals surface area (Å²) in [7, 11) is 0. The average molecular weight is 257 g/mol. The van der Waals surface area contributed by atoms with Crippen LogP contribution in [0.15, 0.2) is 46.9 Å². The summed E-state index contributed by atoms with van der Waals surface area (Å²) in [5.74, 6) is 0.0294. The molecule has 0 saturated carbocycles. The highest BCUT2D eigenvalue weighted by Crippen LogP contribution is 2.27. The number of hydrogen-bond donors (Lipinski definition) is 1. The fourth-order valence-electron chi connectivity index (χ4n) is 2.03. The maximum Gasteiger partial charge on any atom is 0.153 e. The number of aliphatic hydroxyl groups excluding tert-OH is 1. The summed E-state index contributed by atoms with van der Waals surface area (Å²) in [4.78, 5) is 4.25. The molecule has 0 aliphatic heterocycles. The van der Waals surface area contributed by atoms with Crippen molar-refractivity contribution in [3.05, 3.63) is 65.4 Å². The van der Waals surface area contributed by atoms with E-state index < -0.39 is 6.10 Å². The number of pyridine rings is 1. The molecule has 1 N–H and O–H groups in total. The molecular weight excluding hydrogens is 245 g/mol. The van der Waals surface area contributed by atoms with E-state index in [1.54, 1.807) is 18.2 Å². The lowest BCUT2D eigenvalue weighted by Gasteiger charge is -2.07.